The number of amides is 3. The molecule has 29 heavy (non-hydrogen) atoms. The number of aromatic nitrogens is 1. The Kier molecular flexibility index (Phi) is 5.13. The van der Waals surface area contributed by atoms with Crippen LogP contribution in [0.3, 0.4) is 0 Å². The molecule has 2 fully saturated rings. The van der Waals surface area contributed by atoms with E-state index < -0.39 is 0 Å². The molecule has 3 atom stereocenters. The summed E-state index contributed by atoms with van der Waals surface area (Å²) < 4.78 is 12.1. The third-order valence-electron chi connectivity index (χ3n) is 5.38. The molecule has 10 heteroatoms. The van der Waals surface area contributed by atoms with Gasteiger partial charge in [-0.1, -0.05) is 17.8 Å². The molecule has 5 rings (SSSR count). The van der Waals surface area contributed by atoms with Gasteiger partial charge in [0.2, 0.25) is 5.91 Å². The van der Waals surface area contributed by atoms with E-state index in [9.17, 15) is 9.59 Å². The minimum absolute atomic E-state index is 0.0193. The summed E-state index contributed by atoms with van der Waals surface area (Å²) in [4.78, 5) is 28.2. The van der Waals surface area contributed by atoms with E-state index in [0.29, 0.717) is 35.8 Å². The first kappa shape index (κ1) is 18.8. The molecule has 8 nitrogen and oxygen atoms in total. The highest BCUT2D eigenvalue weighted by Gasteiger charge is 2.42. The summed E-state index contributed by atoms with van der Waals surface area (Å²) in [5.74, 6) is 2.37. The van der Waals surface area contributed by atoms with Crippen molar-refractivity contribution in [1.29, 1.82) is 0 Å². The first-order valence-corrected chi connectivity index (χ1v) is 11.7. The number of nitrogens with one attached hydrogen (secondary N) is 3. The fourth-order valence-electron chi connectivity index (χ4n) is 3.97. The van der Waals surface area contributed by atoms with Crippen molar-refractivity contribution in [3.63, 3.8) is 0 Å². The van der Waals surface area contributed by atoms with Gasteiger partial charge in [-0.25, -0.2) is 9.78 Å². The van der Waals surface area contributed by atoms with Gasteiger partial charge in [0, 0.05) is 29.6 Å². The molecular formula is C19H22N4O4S2. The van der Waals surface area contributed by atoms with E-state index in [4.69, 9.17) is 9.47 Å². The van der Waals surface area contributed by atoms with Crippen molar-refractivity contribution in [2.75, 3.05) is 24.3 Å². The Morgan fingerprint density at radius 1 is 1.21 bits per heavy atom. The van der Waals surface area contributed by atoms with Gasteiger partial charge < -0.3 is 25.4 Å². The van der Waals surface area contributed by atoms with Crippen LogP contribution in [-0.2, 0) is 4.79 Å². The number of ether oxygens (including phenoxy) is 2. The monoisotopic (exact) mass is 434 g/mol. The SMILES string of the molecule is O=C(CCCC[C@@H]1SC[C@@H]2NC(=O)N[C@@H]21)Nc1nc2cc3c(cc2s1)OCCO3. The minimum Gasteiger partial charge on any atom is -0.486 e. The molecule has 3 aliphatic rings. The number of urea groups is 1. The molecule has 154 valence electrons. The van der Waals surface area contributed by atoms with Crippen molar-refractivity contribution in [3.8, 4) is 11.5 Å². The highest BCUT2D eigenvalue weighted by molar-refractivity contribution is 8.00. The fourth-order valence-corrected chi connectivity index (χ4v) is 6.41. The first-order valence-electron chi connectivity index (χ1n) is 9.84. The van der Waals surface area contributed by atoms with E-state index in [-0.39, 0.29) is 24.0 Å². The summed E-state index contributed by atoms with van der Waals surface area (Å²) in [6.45, 7) is 1.08. The number of nitrogens with zero attached hydrogens (tertiary/aromatic N) is 1. The van der Waals surface area contributed by atoms with Gasteiger partial charge in [0.25, 0.3) is 0 Å². The maximum absolute atomic E-state index is 12.3. The zero-order chi connectivity index (χ0) is 19.8. The Morgan fingerprint density at radius 3 is 2.90 bits per heavy atom. The Hall–Kier alpha value is -2.20. The first-order chi connectivity index (χ1) is 14.2. The van der Waals surface area contributed by atoms with Gasteiger partial charge >= 0.3 is 6.03 Å². The Bertz CT molecular complexity index is 907. The van der Waals surface area contributed by atoms with Gasteiger partial charge in [0.1, 0.15) is 13.2 Å². The molecule has 0 unspecified atom stereocenters. The maximum Gasteiger partial charge on any atom is 0.315 e. The van der Waals surface area contributed by atoms with Crippen molar-refractivity contribution in [2.45, 2.75) is 43.0 Å². The molecule has 0 saturated carbocycles. The molecule has 2 aromatic rings. The number of carbonyl (C=O) groups is 2. The number of carbonyl (C=O) groups excluding carboxylic acids is 2. The second-order valence-electron chi connectivity index (χ2n) is 7.40. The van der Waals surface area contributed by atoms with E-state index in [1.165, 1.54) is 11.3 Å². The van der Waals surface area contributed by atoms with Crippen molar-refractivity contribution in [2.24, 2.45) is 0 Å². The summed E-state index contributed by atoms with van der Waals surface area (Å²) in [6, 6.07) is 4.20. The lowest BCUT2D eigenvalue weighted by molar-refractivity contribution is -0.116. The number of hydrogen-bond donors (Lipinski definition) is 3. The van der Waals surface area contributed by atoms with Crippen LogP contribution in [0.1, 0.15) is 25.7 Å². The Labute approximate surface area is 176 Å². The number of fused-ring (bicyclic) bond motifs is 3. The molecule has 2 saturated heterocycles. The second-order valence-corrected chi connectivity index (χ2v) is 9.70. The fraction of sp³-hybridized carbons (Fsp3) is 0.526. The molecular weight excluding hydrogens is 412 g/mol. The highest BCUT2D eigenvalue weighted by atomic mass is 32.2. The summed E-state index contributed by atoms with van der Waals surface area (Å²) in [7, 11) is 0. The van der Waals surface area contributed by atoms with E-state index in [1.54, 1.807) is 0 Å². The Morgan fingerprint density at radius 2 is 2.03 bits per heavy atom. The van der Waals surface area contributed by atoms with E-state index in [2.05, 4.69) is 20.9 Å². The van der Waals surface area contributed by atoms with Crippen LogP contribution in [0.5, 0.6) is 11.5 Å². The third-order valence-corrected chi connectivity index (χ3v) is 7.82. The van der Waals surface area contributed by atoms with E-state index in [0.717, 1.165) is 41.0 Å². The largest absolute Gasteiger partial charge is 0.486 e. The van der Waals surface area contributed by atoms with Crippen LogP contribution in [0.15, 0.2) is 12.1 Å². The van der Waals surface area contributed by atoms with Crippen LogP contribution in [0.4, 0.5) is 9.93 Å². The predicted octanol–water partition coefficient (Wildman–Crippen LogP) is 2.73. The number of anilines is 1. The molecule has 3 amide bonds. The molecule has 0 radical (unpaired) electrons. The van der Waals surface area contributed by atoms with Crippen LogP contribution in [0, 0.1) is 0 Å². The van der Waals surface area contributed by atoms with Gasteiger partial charge in [-0.3, -0.25) is 4.79 Å². The van der Waals surface area contributed by atoms with Crippen LogP contribution >= 0.6 is 23.1 Å². The quantitative estimate of drug-likeness (QED) is 0.477. The molecule has 4 heterocycles. The average molecular weight is 435 g/mol. The number of unbranched alkanes of at least 4 members (excludes halogenated alkanes) is 1. The van der Waals surface area contributed by atoms with Gasteiger partial charge in [0.05, 0.1) is 22.3 Å². The lowest BCUT2D eigenvalue weighted by Crippen LogP contribution is -2.36. The van der Waals surface area contributed by atoms with Crippen LogP contribution < -0.4 is 25.4 Å². The smallest absolute Gasteiger partial charge is 0.315 e. The number of thiazole rings is 1. The summed E-state index contributed by atoms with van der Waals surface area (Å²) >= 11 is 3.34. The van der Waals surface area contributed by atoms with Gasteiger partial charge in [0.15, 0.2) is 16.6 Å². The lowest BCUT2D eigenvalue weighted by Gasteiger charge is -2.17. The summed E-state index contributed by atoms with van der Waals surface area (Å²) in [5.41, 5.74) is 0.801. The number of rotatable bonds is 6. The second kappa shape index (κ2) is 7.91. The number of hydrogen-bond acceptors (Lipinski definition) is 7. The lowest BCUT2D eigenvalue weighted by atomic mass is 10.0. The van der Waals surface area contributed by atoms with Crippen LogP contribution in [-0.4, -0.2) is 53.2 Å². The van der Waals surface area contributed by atoms with Crippen molar-refractivity contribution < 1.29 is 19.1 Å². The number of benzene rings is 1. The van der Waals surface area contributed by atoms with Gasteiger partial charge in [-0.15, -0.1) is 0 Å². The Balaban J connectivity index is 1.10. The van der Waals surface area contributed by atoms with Gasteiger partial charge in [-0.2, -0.15) is 11.8 Å². The standard InChI is InChI=1S/C19H22N4O4S2/c24-16(4-2-1-3-14-17-11(9-28-14)20-18(25)23-17)22-19-21-10-7-12-13(8-15(10)29-19)27-6-5-26-12/h7-8,11,14,17H,1-6,9H2,(H2,20,23,25)(H,21,22,24)/t11-,14-,17-/m0/s1. The molecule has 3 N–H and O–H groups in total. The van der Waals surface area contributed by atoms with Crippen molar-refractivity contribution in [3.05, 3.63) is 12.1 Å². The van der Waals surface area contributed by atoms with Crippen LogP contribution in [0.2, 0.25) is 0 Å². The van der Waals surface area contributed by atoms with Crippen LogP contribution in [0.25, 0.3) is 10.2 Å². The molecule has 0 aliphatic carbocycles. The average Bonchev–Trinajstić information content (AvgIpc) is 3.37. The minimum atomic E-state index is -0.0560. The zero-order valence-electron chi connectivity index (χ0n) is 15.7. The molecule has 3 aliphatic heterocycles. The summed E-state index contributed by atoms with van der Waals surface area (Å²) in [6.07, 6.45) is 3.26. The van der Waals surface area contributed by atoms with Gasteiger partial charge in [-0.05, 0) is 12.8 Å². The molecule has 0 bridgehead atoms. The predicted molar refractivity (Wildman–Crippen MR) is 113 cm³/mol. The van der Waals surface area contributed by atoms with E-state index in [1.807, 2.05) is 23.9 Å². The highest BCUT2D eigenvalue weighted by Crippen LogP contribution is 2.38. The molecule has 1 aromatic carbocycles. The molecule has 1 aromatic heterocycles. The molecule has 0 spiro atoms. The maximum atomic E-state index is 12.3. The van der Waals surface area contributed by atoms with Crippen molar-refractivity contribution in [1.82, 2.24) is 15.6 Å². The zero-order valence-corrected chi connectivity index (χ0v) is 17.4. The number of thioether (sulfide) groups is 1. The summed E-state index contributed by atoms with van der Waals surface area (Å²) in [5, 5.41) is 9.90. The topological polar surface area (TPSA) is 102 Å². The van der Waals surface area contributed by atoms with E-state index >= 15 is 0 Å². The normalized spacial score (nSPS) is 24.8. The van der Waals surface area contributed by atoms with Crippen molar-refractivity contribution >= 4 is 50.4 Å². The third kappa shape index (κ3) is 3.95.